The molecule has 1 aromatic carbocycles. The van der Waals surface area contributed by atoms with Gasteiger partial charge in [0.1, 0.15) is 0 Å². The Morgan fingerprint density at radius 2 is 1.80 bits per heavy atom. The molecule has 1 amide bonds. The number of hydrogen-bond donors (Lipinski definition) is 1. The second kappa shape index (κ2) is 8.88. The molecule has 2 unspecified atom stereocenters. The van der Waals surface area contributed by atoms with Crippen LogP contribution in [0.1, 0.15) is 43.1 Å². The minimum Gasteiger partial charge on any atom is -0.357 e. The molecule has 25 heavy (non-hydrogen) atoms. The molecule has 1 aliphatic rings. The van der Waals surface area contributed by atoms with Crippen molar-refractivity contribution >= 4 is 11.9 Å². The normalized spacial score (nSPS) is 21.2. The number of amides is 1. The standard InChI is InChI=1S/C20H32N4O/c1-6-21-20(24-13-15(2)11-16(3)14-24)22-12-17-7-9-18(10-8-17)19(25)23(4)5/h7-10,15-16H,6,11-14H2,1-5H3,(H,21,22). The monoisotopic (exact) mass is 344 g/mol. The third kappa shape index (κ3) is 5.48. The van der Waals surface area contributed by atoms with Crippen LogP contribution in [-0.2, 0) is 6.54 Å². The van der Waals surface area contributed by atoms with Crippen molar-refractivity contribution in [3.05, 3.63) is 35.4 Å². The van der Waals surface area contributed by atoms with Crippen LogP contribution in [0.3, 0.4) is 0 Å². The Labute approximate surface area is 152 Å². The summed E-state index contributed by atoms with van der Waals surface area (Å²) in [6.07, 6.45) is 1.29. The molecule has 2 rings (SSSR count). The number of likely N-dealkylation sites (tertiary alicyclic amines) is 1. The van der Waals surface area contributed by atoms with Gasteiger partial charge in [0.2, 0.25) is 0 Å². The highest BCUT2D eigenvalue weighted by Crippen LogP contribution is 2.21. The topological polar surface area (TPSA) is 47.9 Å². The van der Waals surface area contributed by atoms with E-state index in [4.69, 9.17) is 4.99 Å². The van der Waals surface area contributed by atoms with Crippen molar-refractivity contribution in [3.8, 4) is 0 Å². The highest BCUT2D eigenvalue weighted by atomic mass is 16.2. The summed E-state index contributed by atoms with van der Waals surface area (Å²) in [5.41, 5.74) is 1.83. The summed E-state index contributed by atoms with van der Waals surface area (Å²) < 4.78 is 0. The number of hydrogen-bond acceptors (Lipinski definition) is 2. The fourth-order valence-corrected chi connectivity index (χ4v) is 3.44. The lowest BCUT2D eigenvalue weighted by atomic mass is 9.92. The molecule has 1 aliphatic heterocycles. The van der Waals surface area contributed by atoms with E-state index < -0.39 is 0 Å². The van der Waals surface area contributed by atoms with Gasteiger partial charge in [0.25, 0.3) is 5.91 Å². The molecular weight excluding hydrogens is 312 g/mol. The Hall–Kier alpha value is -2.04. The maximum atomic E-state index is 12.0. The lowest BCUT2D eigenvalue weighted by Crippen LogP contribution is -2.48. The van der Waals surface area contributed by atoms with Gasteiger partial charge in [0.15, 0.2) is 5.96 Å². The van der Waals surface area contributed by atoms with Crippen LogP contribution in [0.4, 0.5) is 0 Å². The highest BCUT2D eigenvalue weighted by Gasteiger charge is 2.23. The van der Waals surface area contributed by atoms with Crippen LogP contribution in [0.2, 0.25) is 0 Å². The first kappa shape index (κ1) is 19.3. The van der Waals surface area contributed by atoms with Crippen molar-refractivity contribution in [2.75, 3.05) is 33.7 Å². The summed E-state index contributed by atoms with van der Waals surface area (Å²) in [6, 6.07) is 7.74. The second-order valence-electron chi connectivity index (χ2n) is 7.42. The molecule has 0 spiro atoms. The predicted molar refractivity (Wildman–Crippen MR) is 104 cm³/mol. The van der Waals surface area contributed by atoms with Crippen molar-refractivity contribution in [2.45, 2.75) is 33.7 Å². The van der Waals surface area contributed by atoms with E-state index in [2.05, 4.69) is 31.0 Å². The SMILES string of the molecule is CCNC(=NCc1ccc(C(=O)N(C)C)cc1)N1CC(C)CC(C)C1. The first-order valence-corrected chi connectivity index (χ1v) is 9.24. The van der Waals surface area contributed by atoms with Gasteiger partial charge in [0, 0.05) is 39.3 Å². The molecule has 5 nitrogen and oxygen atoms in total. The molecule has 5 heteroatoms. The molecule has 1 heterocycles. The summed E-state index contributed by atoms with van der Waals surface area (Å²) in [5.74, 6) is 2.42. The summed E-state index contributed by atoms with van der Waals surface area (Å²) in [5, 5.41) is 3.42. The van der Waals surface area contributed by atoms with E-state index in [0.29, 0.717) is 23.9 Å². The summed E-state index contributed by atoms with van der Waals surface area (Å²) in [6.45, 7) is 10.3. The lowest BCUT2D eigenvalue weighted by Gasteiger charge is -2.37. The molecule has 1 saturated heterocycles. The molecule has 0 saturated carbocycles. The molecule has 0 aliphatic carbocycles. The summed E-state index contributed by atoms with van der Waals surface area (Å²) in [4.78, 5) is 20.8. The molecule has 1 fully saturated rings. The molecule has 0 bridgehead atoms. The van der Waals surface area contributed by atoms with E-state index in [9.17, 15) is 4.79 Å². The van der Waals surface area contributed by atoms with Crippen molar-refractivity contribution in [2.24, 2.45) is 16.8 Å². The van der Waals surface area contributed by atoms with E-state index in [0.717, 1.165) is 31.2 Å². The van der Waals surface area contributed by atoms with Gasteiger partial charge in [-0.05, 0) is 42.9 Å². The van der Waals surface area contributed by atoms with Crippen molar-refractivity contribution in [3.63, 3.8) is 0 Å². The van der Waals surface area contributed by atoms with Gasteiger partial charge >= 0.3 is 0 Å². The van der Waals surface area contributed by atoms with E-state index in [1.54, 1.807) is 19.0 Å². The van der Waals surface area contributed by atoms with Gasteiger partial charge in [0.05, 0.1) is 6.54 Å². The van der Waals surface area contributed by atoms with E-state index >= 15 is 0 Å². The van der Waals surface area contributed by atoms with Crippen LogP contribution in [0.15, 0.2) is 29.3 Å². The zero-order chi connectivity index (χ0) is 18.4. The smallest absolute Gasteiger partial charge is 0.253 e. The van der Waals surface area contributed by atoms with Crippen LogP contribution in [0.5, 0.6) is 0 Å². The predicted octanol–water partition coefficient (Wildman–Crippen LogP) is 2.83. The Bertz CT molecular complexity index is 584. The van der Waals surface area contributed by atoms with Crippen molar-refractivity contribution < 1.29 is 4.79 Å². The fourth-order valence-electron chi connectivity index (χ4n) is 3.44. The number of piperidine rings is 1. The zero-order valence-electron chi connectivity index (χ0n) is 16.2. The number of carbonyl (C=O) groups is 1. The second-order valence-corrected chi connectivity index (χ2v) is 7.42. The maximum absolute atomic E-state index is 12.0. The Kier molecular flexibility index (Phi) is 6.85. The zero-order valence-corrected chi connectivity index (χ0v) is 16.2. The number of benzene rings is 1. The van der Waals surface area contributed by atoms with Gasteiger partial charge in [-0.1, -0.05) is 26.0 Å². The van der Waals surface area contributed by atoms with Crippen LogP contribution in [0, 0.1) is 11.8 Å². The molecule has 138 valence electrons. The molecular formula is C20H32N4O. The number of nitrogens with zero attached hydrogens (tertiary/aromatic N) is 3. The Balaban J connectivity index is 2.06. The van der Waals surface area contributed by atoms with Gasteiger partial charge < -0.3 is 15.1 Å². The van der Waals surface area contributed by atoms with Gasteiger partial charge in [-0.2, -0.15) is 0 Å². The third-order valence-corrected chi connectivity index (χ3v) is 4.52. The third-order valence-electron chi connectivity index (χ3n) is 4.52. The number of carbonyl (C=O) groups excluding carboxylic acids is 1. The quantitative estimate of drug-likeness (QED) is 0.675. The number of rotatable bonds is 4. The largest absolute Gasteiger partial charge is 0.357 e. The summed E-state index contributed by atoms with van der Waals surface area (Å²) in [7, 11) is 3.54. The van der Waals surface area contributed by atoms with Gasteiger partial charge in [-0.25, -0.2) is 4.99 Å². The molecule has 2 atom stereocenters. The molecule has 0 radical (unpaired) electrons. The molecule has 1 N–H and O–H groups in total. The minimum absolute atomic E-state index is 0.0275. The molecule has 1 aromatic rings. The lowest BCUT2D eigenvalue weighted by molar-refractivity contribution is 0.0827. The first-order chi connectivity index (χ1) is 11.9. The van der Waals surface area contributed by atoms with Crippen LogP contribution < -0.4 is 5.32 Å². The minimum atomic E-state index is 0.0275. The highest BCUT2D eigenvalue weighted by molar-refractivity contribution is 5.93. The van der Waals surface area contributed by atoms with E-state index in [1.807, 2.05) is 24.3 Å². The van der Waals surface area contributed by atoms with Crippen LogP contribution in [-0.4, -0.2) is 55.4 Å². The Morgan fingerprint density at radius 3 is 2.32 bits per heavy atom. The van der Waals surface area contributed by atoms with E-state index in [1.165, 1.54) is 6.42 Å². The van der Waals surface area contributed by atoms with Crippen molar-refractivity contribution in [1.82, 2.24) is 15.1 Å². The number of guanidine groups is 1. The summed E-state index contributed by atoms with van der Waals surface area (Å²) >= 11 is 0. The molecule has 0 aromatic heterocycles. The van der Waals surface area contributed by atoms with E-state index in [-0.39, 0.29) is 5.91 Å². The number of nitrogens with one attached hydrogen (secondary N) is 1. The van der Waals surface area contributed by atoms with Gasteiger partial charge in [-0.3, -0.25) is 4.79 Å². The number of aliphatic imine (C=N–C) groups is 1. The first-order valence-electron chi connectivity index (χ1n) is 9.24. The van der Waals surface area contributed by atoms with Gasteiger partial charge in [-0.15, -0.1) is 0 Å². The fraction of sp³-hybridized carbons (Fsp3) is 0.600. The maximum Gasteiger partial charge on any atom is 0.253 e. The Morgan fingerprint density at radius 1 is 1.20 bits per heavy atom. The average molecular weight is 345 g/mol. The average Bonchev–Trinajstić information content (AvgIpc) is 2.57. The van der Waals surface area contributed by atoms with Crippen LogP contribution in [0.25, 0.3) is 0 Å². The van der Waals surface area contributed by atoms with Crippen molar-refractivity contribution in [1.29, 1.82) is 0 Å². The van der Waals surface area contributed by atoms with Crippen LogP contribution >= 0.6 is 0 Å².